The number of carbonyl (C=O) groups excluding carboxylic acids is 1. The van der Waals surface area contributed by atoms with E-state index in [2.05, 4.69) is 12.2 Å². The SMILES string of the molecule is CCCC(COC)NC(=O)C(C)(N)C1CC1. The molecule has 4 heteroatoms. The fourth-order valence-electron chi connectivity index (χ4n) is 1.96. The van der Waals surface area contributed by atoms with Crippen LogP contribution in [0.2, 0.25) is 0 Å². The van der Waals surface area contributed by atoms with Gasteiger partial charge in [0.1, 0.15) is 0 Å². The number of carbonyl (C=O) groups is 1. The van der Waals surface area contributed by atoms with E-state index in [1.54, 1.807) is 7.11 Å². The molecule has 1 fully saturated rings. The monoisotopic (exact) mass is 228 g/mol. The number of ether oxygens (including phenoxy) is 1. The molecule has 3 N–H and O–H groups in total. The third kappa shape index (κ3) is 3.46. The van der Waals surface area contributed by atoms with Crippen molar-refractivity contribution in [2.75, 3.05) is 13.7 Å². The number of hydrogen-bond acceptors (Lipinski definition) is 3. The maximum Gasteiger partial charge on any atom is 0.240 e. The molecule has 4 nitrogen and oxygen atoms in total. The van der Waals surface area contributed by atoms with Crippen LogP contribution in [0.1, 0.15) is 39.5 Å². The van der Waals surface area contributed by atoms with Gasteiger partial charge in [-0.3, -0.25) is 4.79 Å². The lowest BCUT2D eigenvalue weighted by atomic mass is 9.95. The first kappa shape index (κ1) is 13.5. The molecule has 1 rings (SSSR count). The summed E-state index contributed by atoms with van der Waals surface area (Å²) in [6.07, 6.45) is 4.10. The third-order valence-electron chi connectivity index (χ3n) is 3.25. The standard InChI is InChI=1S/C12H24N2O2/c1-4-5-10(8-16-3)14-11(15)12(2,13)9-6-7-9/h9-10H,4-8,13H2,1-3H3,(H,14,15). The van der Waals surface area contributed by atoms with Crippen molar-refractivity contribution in [3.8, 4) is 0 Å². The van der Waals surface area contributed by atoms with Crippen LogP contribution in [0, 0.1) is 5.92 Å². The van der Waals surface area contributed by atoms with E-state index in [-0.39, 0.29) is 11.9 Å². The van der Waals surface area contributed by atoms with Crippen molar-refractivity contribution < 1.29 is 9.53 Å². The second kappa shape index (κ2) is 5.64. The topological polar surface area (TPSA) is 64.3 Å². The summed E-state index contributed by atoms with van der Waals surface area (Å²) in [5, 5.41) is 2.99. The molecule has 0 saturated heterocycles. The van der Waals surface area contributed by atoms with Crippen molar-refractivity contribution in [1.29, 1.82) is 0 Å². The Hall–Kier alpha value is -0.610. The molecule has 0 aliphatic heterocycles. The van der Waals surface area contributed by atoms with Gasteiger partial charge in [0, 0.05) is 7.11 Å². The maximum absolute atomic E-state index is 12.0. The summed E-state index contributed by atoms with van der Waals surface area (Å²) in [6, 6.07) is 0.0872. The average Bonchev–Trinajstić information content (AvgIpc) is 3.01. The third-order valence-corrected chi connectivity index (χ3v) is 3.25. The molecule has 0 bridgehead atoms. The van der Waals surface area contributed by atoms with Crippen LogP contribution in [0.5, 0.6) is 0 Å². The van der Waals surface area contributed by atoms with E-state index in [4.69, 9.17) is 10.5 Å². The smallest absolute Gasteiger partial charge is 0.240 e. The van der Waals surface area contributed by atoms with Gasteiger partial charge in [-0.05, 0) is 32.1 Å². The van der Waals surface area contributed by atoms with Crippen molar-refractivity contribution >= 4 is 5.91 Å². The summed E-state index contributed by atoms with van der Waals surface area (Å²) >= 11 is 0. The summed E-state index contributed by atoms with van der Waals surface area (Å²) in [4.78, 5) is 12.0. The lowest BCUT2D eigenvalue weighted by Gasteiger charge is -2.27. The zero-order valence-electron chi connectivity index (χ0n) is 10.6. The predicted octanol–water partition coefficient (Wildman–Crippen LogP) is 1.05. The highest BCUT2D eigenvalue weighted by atomic mass is 16.5. The normalized spacial score (nSPS) is 21.2. The van der Waals surface area contributed by atoms with E-state index in [9.17, 15) is 4.79 Å². The first-order valence-electron chi connectivity index (χ1n) is 6.11. The highest BCUT2D eigenvalue weighted by Gasteiger charge is 2.44. The molecule has 1 aliphatic rings. The number of amides is 1. The molecular formula is C12H24N2O2. The van der Waals surface area contributed by atoms with E-state index in [0.29, 0.717) is 12.5 Å². The highest BCUT2D eigenvalue weighted by Crippen LogP contribution is 2.38. The molecule has 2 unspecified atom stereocenters. The van der Waals surface area contributed by atoms with Gasteiger partial charge in [-0.1, -0.05) is 13.3 Å². The lowest BCUT2D eigenvalue weighted by Crippen LogP contribution is -2.56. The van der Waals surface area contributed by atoms with Crippen molar-refractivity contribution in [2.45, 2.75) is 51.1 Å². The zero-order chi connectivity index (χ0) is 12.2. The van der Waals surface area contributed by atoms with E-state index in [1.165, 1.54) is 0 Å². The minimum Gasteiger partial charge on any atom is -0.383 e. The summed E-state index contributed by atoms with van der Waals surface area (Å²) < 4.78 is 5.09. The molecule has 16 heavy (non-hydrogen) atoms. The van der Waals surface area contributed by atoms with Crippen LogP contribution in [0.3, 0.4) is 0 Å². The van der Waals surface area contributed by atoms with Gasteiger partial charge in [0.25, 0.3) is 0 Å². The Labute approximate surface area is 97.9 Å². The average molecular weight is 228 g/mol. The van der Waals surface area contributed by atoms with Gasteiger partial charge in [0.2, 0.25) is 5.91 Å². The fourth-order valence-corrected chi connectivity index (χ4v) is 1.96. The minimum absolute atomic E-state index is 0.0366. The molecule has 94 valence electrons. The Kier molecular flexibility index (Phi) is 4.74. The van der Waals surface area contributed by atoms with Crippen LogP contribution in [0.4, 0.5) is 0 Å². The molecule has 0 aromatic heterocycles. The molecular weight excluding hydrogens is 204 g/mol. The molecule has 0 aromatic carbocycles. The number of rotatable bonds is 7. The number of nitrogens with one attached hydrogen (secondary N) is 1. The largest absolute Gasteiger partial charge is 0.383 e. The van der Waals surface area contributed by atoms with E-state index >= 15 is 0 Å². The minimum atomic E-state index is -0.709. The first-order chi connectivity index (χ1) is 7.52. The first-order valence-corrected chi connectivity index (χ1v) is 6.11. The molecule has 0 aromatic rings. The van der Waals surface area contributed by atoms with E-state index in [0.717, 1.165) is 25.7 Å². The molecule has 0 heterocycles. The fraction of sp³-hybridized carbons (Fsp3) is 0.917. The van der Waals surface area contributed by atoms with Gasteiger partial charge in [-0.2, -0.15) is 0 Å². The summed E-state index contributed by atoms with van der Waals surface area (Å²) in [7, 11) is 1.65. The molecule has 2 atom stereocenters. The number of hydrogen-bond donors (Lipinski definition) is 2. The highest BCUT2D eigenvalue weighted by molar-refractivity contribution is 5.86. The van der Waals surface area contributed by atoms with E-state index < -0.39 is 5.54 Å². The van der Waals surface area contributed by atoms with Crippen LogP contribution < -0.4 is 11.1 Å². The summed E-state index contributed by atoms with van der Waals surface area (Å²) in [5.74, 6) is 0.322. The van der Waals surface area contributed by atoms with Crippen LogP contribution in [-0.2, 0) is 9.53 Å². The Morgan fingerprint density at radius 3 is 2.69 bits per heavy atom. The summed E-state index contributed by atoms with van der Waals surface area (Å²) in [6.45, 7) is 4.48. The van der Waals surface area contributed by atoms with Crippen molar-refractivity contribution in [3.63, 3.8) is 0 Å². The molecule has 0 radical (unpaired) electrons. The van der Waals surface area contributed by atoms with Gasteiger partial charge >= 0.3 is 0 Å². The maximum atomic E-state index is 12.0. The van der Waals surface area contributed by atoms with Crippen LogP contribution in [0.25, 0.3) is 0 Å². The second-order valence-corrected chi connectivity index (χ2v) is 4.97. The summed E-state index contributed by atoms with van der Waals surface area (Å²) in [5.41, 5.74) is 5.34. The van der Waals surface area contributed by atoms with Gasteiger partial charge in [-0.25, -0.2) is 0 Å². The van der Waals surface area contributed by atoms with Gasteiger partial charge in [0.05, 0.1) is 18.2 Å². The van der Waals surface area contributed by atoms with E-state index in [1.807, 2.05) is 6.92 Å². The zero-order valence-corrected chi connectivity index (χ0v) is 10.6. The number of nitrogens with two attached hydrogens (primary N) is 1. The Morgan fingerprint density at radius 1 is 1.62 bits per heavy atom. The molecule has 0 spiro atoms. The molecule has 1 aliphatic carbocycles. The van der Waals surface area contributed by atoms with Crippen molar-refractivity contribution in [1.82, 2.24) is 5.32 Å². The predicted molar refractivity (Wildman–Crippen MR) is 64.0 cm³/mol. The van der Waals surface area contributed by atoms with Crippen LogP contribution in [-0.4, -0.2) is 31.2 Å². The molecule has 1 saturated carbocycles. The van der Waals surface area contributed by atoms with Crippen molar-refractivity contribution in [3.05, 3.63) is 0 Å². The van der Waals surface area contributed by atoms with Gasteiger partial charge in [-0.15, -0.1) is 0 Å². The lowest BCUT2D eigenvalue weighted by molar-refractivity contribution is -0.127. The second-order valence-electron chi connectivity index (χ2n) is 4.97. The quantitative estimate of drug-likeness (QED) is 0.684. The molecule has 1 amide bonds. The Bertz CT molecular complexity index is 231. The number of methoxy groups -OCH3 is 1. The van der Waals surface area contributed by atoms with Crippen LogP contribution >= 0.6 is 0 Å². The Balaban J connectivity index is 2.46. The van der Waals surface area contributed by atoms with Gasteiger partial charge < -0.3 is 15.8 Å². The van der Waals surface area contributed by atoms with Crippen molar-refractivity contribution in [2.24, 2.45) is 11.7 Å². The van der Waals surface area contributed by atoms with Crippen LogP contribution in [0.15, 0.2) is 0 Å². The van der Waals surface area contributed by atoms with Gasteiger partial charge in [0.15, 0.2) is 0 Å². The Morgan fingerprint density at radius 2 is 2.25 bits per heavy atom.